The molecule has 0 saturated heterocycles. The standard InChI is InChI=1S/C18H24N8S2/c1-10(2)12-6-8-13(9-7-12)20-17-24-25-18(28-17)27-11(3)14-21-15(19)23-16(22-14)26(4)5/h6-11H,1-5H3,(H,20,24)(H2,19,21,22,23). The monoisotopic (exact) mass is 416 g/mol. The molecular formula is C18H24N8S2. The molecule has 148 valence electrons. The first-order valence-corrected chi connectivity index (χ1v) is 10.6. The summed E-state index contributed by atoms with van der Waals surface area (Å²) in [7, 11) is 3.74. The van der Waals surface area contributed by atoms with Gasteiger partial charge in [0.25, 0.3) is 0 Å². The topological polar surface area (TPSA) is 106 Å². The predicted octanol–water partition coefficient (Wildman–Crippen LogP) is 4.09. The molecule has 2 aromatic heterocycles. The number of nitrogens with one attached hydrogen (secondary N) is 1. The van der Waals surface area contributed by atoms with Crippen molar-refractivity contribution in [1.82, 2.24) is 25.1 Å². The third-order valence-electron chi connectivity index (χ3n) is 3.93. The quantitative estimate of drug-likeness (QED) is 0.551. The van der Waals surface area contributed by atoms with Crippen molar-refractivity contribution in [2.45, 2.75) is 36.3 Å². The number of nitrogen functional groups attached to an aromatic ring is 1. The van der Waals surface area contributed by atoms with Gasteiger partial charge in [0.05, 0.1) is 5.25 Å². The van der Waals surface area contributed by atoms with Crippen molar-refractivity contribution < 1.29 is 0 Å². The van der Waals surface area contributed by atoms with Gasteiger partial charge in [0.1, 0.15) is 5.82 Å². The summed E-state index contributed by atoms with van der Waals surface area (Å²) in [6.45, 7) is 6.37. The van der Waals surface area contributed by atoms with Crippen molar-refractivity contribution in [1.29, 1.82) is 0 Å². The summed E-state index contributed by atoms with van der Waals surface area (Å²) in [6.07, 6.45) is 0. The van der Waals surface area contributed by atoms with E-state index < -0.39 is 0 Å². The van der Waals surface area contributed by atoms with Gasteiger partial charge in [-0.05, 0) is 30.5 Å². The Kier molecular flexibility index (Phi) is 6.30. The lowest BCUT2D eigenvalue weighted by Gasteiger charge is -2.13. The molecule has 10 heteroatoms. The first-order chi connectivity index (χ1) is 13.3. The molecule has 0 radical (unpaired) electrons. The smallest absolute Gasteiger partial charge is 0.229 e. The number of rotatable bonds is 7. The summed E-state index contributed by atoms with van der Waals surface area (Å²) in [5.41, 5.74) is 8.11. The van der Waals surface area contributed by atoms with E-state index in [0.29, 0.717) is 17.7 Å². The third kappa shape index (κ3) is 5.08. The summed E-state index contributed by atoms with van der Waals surface area (Å²) in [5, 5.41) is 12.5. The zero-order valence-electron chi connectivity index (χ0n) is 16.5. The first-order valence-electron chi connectivity index (χ1n) is 8.87. The minimum atomic E-state index is -0.0323. The first kappa shape index (κ1) is 20.3. The van der Waals surface area contributed by atoms with Crippen LogP contribution in [-0.4, -0.2) is 39.2 Å². The van der Waals surface area contributed by atoms with Crippen molar-refractivity contribution in [2.24, 2.45) is 0 Å². The lowest BCUT2D eigenvalue weighted by molar-refractivity contribution is 0.863. The minimum absolute atomic E-state index is 0.0323. The summed E-state index contributed by atoms with van der Waals surface area (Å²) in [4.78, 5) is 14.7. The Morgan fingerprint density at radius 3 is 2.39 bits per heavy atom. The van der Waals surface area contributed by atoms with E-state index in [1.165, 1.54) is 16.9 Å². The molecular weight excluding hydrogens is 392 g/mol. The van der Waals surface area contributed by atoms with Crippen LogP contribution in [0, 0.1) is 0 Å². The van der Waals surface area contributed by atoms with Gasteiger partial charge >= 0.3 is 0 Å². The zero-order chi connectivity index (χ0) is 20.3. The molecule has 0 aliphatic carbocycles. The van der Waals surface area contributed by atoms with Crippen LogP contribution in [0.2, 0.25) is 0 Å². The normalized spacial score (nSPS) is 12.2. The van der Waals surface area contributed by atoms with Crippen LogP contribution in [0.15, 0.2) is 28.6 Å². The van der Waals surface area contributed by atoms with Crippen molar-refractivity contribution in [2.75, 3.05) is 30.0 Å². The van der Waals surface area contributed by atoms with E-state index >= 15 is 0 Å². The highest BCUT2D eigenvalue weighted by Crippen LogP contribution is 2.37. The van der Waals surface area contributed by atoms with Crippen LogP contribution in [0.5, 0.6) is 0 Å². The number of nitrogens with zero attached hydrogens (tertiary/aromatic N) is 6. The summed E-state index contributed by atoms with van der Waals surface area (Å²) >= 11 is 3.03. The van der Waals surface area contributed by atoms with Gasteiger partial charge in [-0.15, -0.1) is 10.2 Å². The predicted molar refractivity (Wildman–Crippen MR) is 117 cm³/mol. The van der Waals surface area contributed by atoms with Crippen LogP contribution in [0.25, 0.3) is 0 Å². The van der Waals surface area contributed by atoms with Gasteiger partial charge in [0.2, 0.25) is 17.0 Å². The van der Waals surface area contributed by atoms with Crippen LogP contribution < -0.4 is 16.0 Å². The molecule has 28 heavy (non-hydrogen) atoms. The van der Waals surface area contributed by atoms with Crippen molar-refractivity contribution in [3.8, 4) is 0 Å². The Bertz CT molecular complexity index is 924. The molecule has 0 bridgehead atoms. The molecule has 0 amide bonds. The van der Waals surface area contributed by atoms with Crippen LogP contribution >= 0.6 is 23.1 Å². The summed E-state index contributed by atoms with van der Waals surface area (Å²) < 4.78 is 0.833. The van der Waals surface area contributed by atoms with Gasteiger partial charge in [0.15, 0.2) is 4.34 Å². The van der Waals surface area contributed by atoms with Gasteiger partial charge in [-0.3, -0.25) is 0 Å². The van der Waals surface area contributed by atoms with Gasteiger partial charge in [-0.2, -0.15) is 15.0 Å². The SMILES string of the molecule is CC(C)c1ccc(Nc2nnc(SC(C)c3nc(N)nc(N(C)C)n3)s2)cc1. The maximum atomic E-state index is 5.81. The molecule has 0 aliphatic rings. The molecule has 3 N–H and O–H groups in total. The molecule has 1 unspecified atom stereocenters. The van der Waals surface area contributed by atoms with E-state index in [-0.39, 0.29) is 11.2 Å². The summed E-state index contributed by atoms with van der Waals surface area (Å²) in [5.74, 6) is 1.89. The van der Waals surface area contributed by atoms with Crippen LogP contribution in [0.1, 0.15) is 43.3 Å². The number of thioether (sulfide) groups is 1. The number of hydrogen-bond acceptors (Lipinski definition) is 10. The van der Waals surface area contributed by atoms with Crippen LogP contribution in [0.3, 0.4) is 0 Å². The molecule has 0 saturated carbocycles. The van der Waals surface area contributed by atoms with E-state index in [2.05, 4.69) is 68.6 Å². The van der Waals surface area contributed by atoms with Crippen LogP contribution in [0.4, 0.5) is 22.7 Å². The molecule has 0 aliphatic heterocycles. The third-order valence-corrected chi connectivity index (χ3v) is 5.95. The average Bonchev–Trinajstić information content (AvgIpc) is 3.08. The minimum Gasteiger partial charge on any atom is -0.368 e. The van der Waals surface area contributed by atoms with E-state index in [4.69, 9.17) is 5.73 Å². The zero-order valence-corrected chi connectivity index (χ0v) is 18.2. The van der Waals surface area contributed by atoms with E-state index in [9.17, 15) is 0 Å². The van der Waals surface area contributed by atoms with Crippen molar-refractivity contribution >= 4 is 45.8 Å². The molecule has 8 nitrogen and oxygen atoms in total. The fourth-order valence-electron chi connectivity index (χ4n) is 2.37. The Morgan fingerprint density at radius 1 is 1.04 bits per heavy atom. The van der Waals surface area contributed by atoms with Gasteiger partial charge in [-0.1, -0.05) is 49.1 Å². The fourth-order valence-corrected chi connectivity index (χ4v) is 4.33. The molecule has 0 spiro atoms. The van der Waals surface area contributed by atoms with Crippen molar-refractivity contribution in [3.63, 3.8) is 0 Å². The van der Waals surface area contributed by atoms with Gasteiger partial charge in [0, 0.05) is 19.8 Å². The molecule has 1 aromatic carbocycles. The number of anilines is 4. The van der Waals surface area contributed by atoms with Gasteiger partial charge in [-0.25, -0.2) is 0 Å². The number of hydrogen-bond donors (Lipinski definition) is 2. The highest BCUT2D eigenvalue weighted by atomic mass is 32.2. The highest BCUT2D eigenvalue weighted by molar-refractivity contribution is 8.01. The molecule has 3 aromatic rings. The number of aromatic nitrogens is 5. The number of benzene rings is 1. The second-order valence-electron chi connectivity index (χ2n) is 6.78. The van der Waals surface area contributed by atoms with Gasteiger partial charge < -0.3 is 16.0 Å². The maximum Gasteiger partial charge on any atom is 0.229 e. The average molecular weight is 417 g/mol. The Morgan fingerprint density at radius 2 is 1.75 bits per heavy atom. The largest absolute Gasteiger partial charge is 0.368 e. The lowest BCUT2D eigenvalue weighted by Crippen LogP contribution is -2.16. The molecule has 2 heterocycles. The van der Waals surface area contributed by atoms with E-state index in [0.717, 1.165) is 15.2 Å². The Balaban J connectivity index is 1.67. The second-order valence-corrected chi connectivity index (χ2v) is 9.35. The van der Waals surface area contributed by atoms with E-state index in [1.54, 1.807) is 16.7 Å². The Labute approximate surface area is 173 Å². The second kappa shape index (κ2) is 8.70. The molecule has 3 rings (SSSR count). The van der Waals surface area contributed by atoms with Crippen molar-refractivity contribution in [3.05, 3.63) is 35.7 Å². The fraction of sp³-hybridized carbons (Fsp3) is 0.389. The highest BCUT2D eigenvalue weighted by Gasteiger charge is 2.17. The van der Waals surface area contributed by atoms with Crippen LogP contribution in [-0.2, 0) is 0 Å². The molecule has 1 atom stereocenters. The Hall–Kier alpha value is -2.46. The lowest BCUT2D eigenvalue weighted by atomic mass is 10.0. The number of nitrogens with two attached hydrogens (primary N) is 1. The van der Waals surface area contributed by atoms with E-state index in [1.807, 2.05) is 21.0 Å². The summed E-state index contributed by atoms with van der Waals surface area (Å²) in [6, 6.07) is 8.36. The maximum absolute atomic E-state index is 5.81. The molecule has 0 fully saturated rings.